The largest absolute Gasteiger partial charge is 0.504 e. The highest BCUT2D eigenvalue weighted by Gasteiger charge is 2.13. The molecule has 140 valence electrons. The van der Waals surface area contributed by atoms with Crippen molar-refractivity contribution in [1.82, 2.24) is 0 Å². The second-order valence-corrected chi connectivity index (χ2v) is 7.13. The number of ether oxygens (including phenoxy) is 1. The monoisotopic (exact) mass is 484 g/mol. The molecule has 6 heteroatoms. The van der Waals surface area contributed by atoms with Crippen LogP contribution in [0.4, 0.5) is 5.69 Å². The summed E-state index contributed by atoms with van der Waals surface area (Å²) < 4.78 is 5.97. The van der Waals surface area contributed by atoms with E-state index in [-0.39, 0.29) is 11.3 Å². The number of carbonyl (C=O) groups is 1. The molecule has 3 aromatic carbocycles. The lowest BCUT2D eigenvalue weighted by Crippen LogP contribution is -2.13. The molecule has 0 aliphatic carbocycles. The average molecular weight is 484 g/mol. The fourth-order valence-electron chi connectivity index (χ4n) is 2.72. The molecule has 0 aromatic heterocycles. The zero-order valence-electron chi connectivity index (χ0n) is 15.1. The topological polar surface area (TPSA) is 82.3 Å². The van der Waals surface area contributed by atoms with Crippen molar-refractivity contribution in [2.24, 2.45) is 0 Å². The number of fused-ring (bicyclic) bond motifs is 1. The van der Waals surface area contributed by atoms with Crippen molar-refractivity contribution in [3.8, 4) is 17.6 Å². The molecule has 0 unspecified atom stereocenters. The van der Waals surface area contributed by atoms with Crippen molar-refractivity contribution >= 4 is 51.0 Å². The lowest BCUT2D eigenvalue weighted by atomic mass is 10.1. The first kappa shape index (κ1) is 19.7. The van der Waals surface area contributed by atoms with Gasteiger partial charge in [-0.25, -0.2) is 0 Å². The number of hydrogen-bond acceptors (Lipinski definition) is 4. The molecule has 0 bridgehead atoms. The molecule has 1 amide bonds. The van der Waals surface area contributed by atoms with Crippen molar-refractivity contribution in [2.75, 3.05) is 11.9 Å². The Labute approximate surface area is 176 Å². The molecule has 0 aliphatic heterocycles. The van der Waals surface area contributed by atoms with Crippen molar-refractivity contribution < 1.29 is 14.6 Å². The van der Waals surface area contributed by atoms with Gasteiger partial charge in [0.15, 0.2) is 11.5 Å². The Bertz CT molecular complexity index is 1120. The van der Waals surface area contributed by atoms with Gasteiger partial charge in [-0.15, -0.1) is 0 Å². The zero-order chi connectivity index (χ0) is 20.1. The second kappa shape index (κ2) is 8.76. The van der Waals surface area contributed by atoms with Crippen LogP contribution < -0.4 is 10.1 Å². The number of benzene rings is 3. The Balaban J connectivity index is 1.87. The second-order valence-electron chi connectivity index (χ2n) is 5.97. The molecule has 2 N–H and O–H groups in total. The molecular formula is C22H17IN2O3. The molecule has 0 heterocycles. The number of phenols is 1. The predicted molar refractivity (Wildman–Crippen MR) is 118 cm³/mol. The number of amides is 1. The molecule has 5 nitrogen and oxygen atoms in total. The van der Waals surface area contributed by atoms with Gasteiger partial charge in [-0.05, 0) is 76.2 Å². The van der Waals surface area contributed by atoms with E-state index < -0.39 is 5.91 Å². The number of hydrogen-bond donors (Lipinski definition) is 2. The zero-order valence-corrected chi connectivity index (χ0v) is 17.2. The Kier molecular flexibility index (Phi) is 6.16. The number of phenolic OH excluding ortho intramolecular Hbond substituents is 1. The summed E-state index contributed by atoms with van der Waals surface area (Å²) in [5.41, 5.74) is 1.16. The maximum Gasteiger partial charge on any atom is 0.266 e. The van der Waals surface area contributed by atoms with E-state index in [2.05, 4.69) is 5.32 Å². The molecule has 0 saturated carbocycles. The van der Waals surface area contributed by atoms with Crippen LogP contribution >= 0.6 is 22.6 Å². The van der Waals surface area contributed by atoms with E-state index in [0.29, 0.717) is 27.2 Å². The van der Waals surface area contributed by atoms with Crippen LogP contribution in [0.15, 0.2) is 60.2 Å². The third kappa shape index (κ3) is 4.43. The van der Waals surface area contributed by atoms with Crippen LogP contribution in [0.2, 0.25) is 0 Å². The summed E-state index contributed by atoms with van der Waals surface area (Å²) in [5.74, 6) is -0.148. The maximum absolute atomic E-state index is 12.6. The molecule has 0 spiro atoms. The van der Waals surface area contributed by atoms with E-state index in [9.17, 15) is 15.2 Å². The van der Waals surface area contributed by atoms with Gasteiger partial charge in [-0.2, -0.15) is 5.26 Å². The van der Waals surface area contributed by atoms with Crippen LogP contribution in [-0.4, -0.2) is 17.6 Å². The lowest BCUT2D eigenvalue weighted by Gasteiger charge is -2.09. The Hall–Kier alpha value is -3.05. The fourth-order valence-corrected chi connectivity index (χ4v) is 3.35. The van der Waals surface area contributed by atoms with Gasteiger partial charge in [0.05, 0.1) is 10.2 Å². The van der Waals surface area contributed by atoms with Gasteiger partial charge in [-0.1, -0.05) is 30.3 Å². The molecule has 28 heavy (non-hydrogen) atoms. The highest BCUT2D eigenvalue weighted by Crippen LogP contribution is 2.33. The van der Waals surface area contributed by atoms with Crippen molar-refractivity contribution in [3.05, 3.63) is 69.3 Å². The molecule has 3 rings (SSSR count). The number of anilines is 1. The predicted octanol–water partition coefficient (Wildman–Crippen LogP) is 5.09. The van der Waals surface area contributed by atoms with Gasteiger partial charge in [0.2, 0.25) is 0 Å². The Morgan fingerprint density at radius 2 is 1.96 bits per heavy atom. The standard InChI is InChI=1S/C22H17IN2O3/c1-2-28-20-11-14(10-19(23)21(20)26)9-17(13-24)22(27)25-18-8-7-15-5-3-4-6-16(15)12-18/h3-12,26H,2H2,1H3,(H,25,27)/b17-9+. The van der Waals surface area contributed by atoms with Gasteiger partial charge in [0.25, 0.3) is 5.91 Å². The molecule has 0 radical (unpaired) electrons. The SMILES string of the molecule is CCOc1cc(/C=C(\C#N)C(=O)Nc2ccc3ccccc3c2)cc(I)c1O. The Morgan fingerprint density at radius 1 is 1.21 bits per heavy atom. The average Bonchev–Trinajstić information content (AvgIpc) is 2.69. The number of carbonyl (C=O) groups excluding carboxylic acids is 1. The third-order valence-electron chi connectivity index (χ3n) is 4.03. The number of aromatic hydroxyl groups is 1. The Morgan fingerprint density at radius 3 is 2.68 bits per heavy atom. The quantitative estimate of drug-likeness (QED) is 0.300. The number of nitrogens with zero attached hydrogens (tertiary/aromatic N) is 1. The highest BCUT2D eigenvalue weighted by molar-refractivity contribution is 14.1. The van der Waals surface area contributed by atoms with Crippen LogP contribution in [0.1, 0.15) is 12.5 Å². The molecule has 0 saturated heterocycles. The van der Waals surface area contributed by atoms with Gasteiger partial charge in [-0.3, -0.25) is 4.79 Å². The number of rotatable bonds is 5. The van der Waals surface area contributed by atoms with Crippen LogP contribution in [0.5, 0.6) is 11.5 Å². The van der Waals surface area contributed by atoms with Crippen molar-refractivity contribution in [1.29, 1.82) is 5.26 Å². The first-order chi connectivity index (χ1) is 13.5. The van der Waals surface area contributed by atoms with E-state index >= 15 is 0 Å². The van der Waals surface area contributed by atoms with E-state index in [4.69, 9.17) is 4.74 Å². The molecule has 0 fully saturated rings. The lowest BCUT2D eigenvalue weighted by molar-refractivity contribution is -0.112. The summed E-state index contributed by atoms with van der Waals surface area (Å²) in [7, 11) is 0. The maximum atomic E-state index is 12.6. The van der Waals surface area contributed by atoms with E-state index in [1.807, 2.05) is 72.0 Å². The first-order valence-corrected chi connectivity index (χ1v) is 9.67. The molecule has 0 aliphatic rings. The van der Waals surface area contributed by atoms with Crippen molar-refractivity contribution in [2.45, 2.75) is 6.92 Å². The van der Waals surface area contributed by atoms with Crippen LogP contribution in [-0.2, 0) is 4.79 Å². The summed E-state index contributed by atoms with van der Waals surface area (Å²) >= 11 is 1.98. The highest BCUT2D eigenvalue weighted by atomic mass is 127. The van der Waals surface area contributed by atoms with E-state index in [1.165, 1.54) is 6.08 Å². The minimum atomic E-state index is -0.501. The van der Waals surface area contributed by atoms with Crippen LogP contribution in [0.3, 0.4) is 0 Å². The third-order valence-corrected chi connectivity index (χ3v) is 4.86. The summed E-state index contributed by atoms with van der Waals surface area (Å²) in [6.07, 6.45) is 1.47. The summed E-state index contributed by atoms with van der Waals surface area (Å²) in [6, 6.07) is 18.6. The van der Waals surface area contributed by atoms with Gasteiger partial charge >= 0.3 is 0 Å². The molecule has 3 aromatic rings. The normalized spacial score (nSPS) is 11.1. The van der Waals surface area contributed by atoms with Gasteiger partial charge in [0.1, 0.15) is 11.6 Å². The summed E-state index contributed by atoms with van der Waals surface area (Å²) in [6.45, 7) is 2.21. The number of nitrogens with one attached hydrogen (secondary N) is 1. The first-order valence-electron chi connectivity index (χ1n) is 8.59. The van der Waals surface area contributed by atoms with Gasteiger partial charge < -0.3 is 15.2 Å². The minimum Gasteiger partial charge on any atom is -0.504 e. The van der Waals surface area contributed by atoms with Crippen molar-refractivity contribution in [3.63, 3.8) is 0 Å². The van der Waals surface area contributed by atoms with Crippen LogP contribution in [0.25, 0.3) is 16.8 Å². The minimum absolute atomic E-state index is 0.0405. The van der Waals surface area contributed by atoms with Gasteiger partial charge in [0, 0.05) is 5.69 Å². The van der Waals surface area contributed by atoms with E-state index in [1.54, 1.807) is 18.2 Å². The molecule has 0 atom stereocenters. The smallest absolute Gasteiger partial charge is 0.266 e. The number of nitriles is 1. The number of halogens is 1. The van der Waals surface area contributed by atoms with Crippen LogP contribution in [0, 0.1) is 14.9 Å². The fraction of sp³-hybridized carbons (Fsp3) is 0.0909. The molecular weight excluding hydrogens is 467 g/mol. The summed E-state index contributed by atoms with van der Waals surface area (Å²) in [4.78, 5) is 12.6. The van der Waals surface area contributed by atoms with E-state index in [0.717, 1.165) is 10.8 Å². The summed E-state index contributed by atoms with van der Waals surface area (Å²) in [5, 5.41) is 24.3.